The van der Waals surface area contributed by atoms with Crippen molar-refractivity contribution in [2.75, 3.05) is 6.61 Å². The molecule has 0 radical (unpaired) electrons. The quantitative estimate of drug-likeness (QED) is 0.241. The van der Waals surface area contributed by atoms with Crippen molar-refractivity contribution in [3.05, 3.63) is 11.6 Å². The lowest BCUT2D eigenvalue weighted by molar-refractivity contribution is -0.130. The van der Waals surface area contributed by atoms with Crippen LogP contribution in [0.25, 0.3) is 0 Å². The van der Waals surface area contributed by atoms with Gasteiger partial charge in [-0.1, -0.05) is 11.6 Å². The maximum absolute atomic E-state index is 11.4. The van der Waals surface area contributed by atoms with E-state index in [0.717, 1.165) is 12.0 Å². The first-order valence-electron chi connectivity index (χ1n) is 5.57. The van der Waals surface area contributed by atoms with Gasteiger partial charge in [0.25, 0.3) is 0 Å². The van der Waals surface area contributed by atoms with Gasteiger partial charge in [0, 0.05) is 6.42 Å². The van der Waals surface area contributed by atoms with E-state index in [4.69, 9.17) is 10.2 Å². The molecule has 0 saturated carbocycles. The number of aldehydes is 1. The molecule has 1 amide bonds. The van der Waals surface area contributed by atoms with Gasteiger partial charge in [0.2, 0.25) is 5.91 Å². The smallest absolute Gasteiger partial charge is 0.224 e. The molecule has 0 bridgehead atoms. The molecule has 1 aliphatic carbocycles. The molecule has 7 heteroatoms. The minimum atomic E-state index is -1.72. The number of aliphatic hydroxyl groups is 4. The van der Waals surface area contributed by atoms with Crippen molar-refractivity contribution < 1.29 is 30.0 Å². The summed E-state index contributed by atoms with van der Waals surface area (Å²) in [6.07, 6.45) is -1.92. The van der Waals surface area contributed by atoms with Crippen molar-refractivity contribution in [2.24, 2.45) is 0 Å². The number of hydrogen-bond acceptors (Lipinski definition) is 6. The average molecular weight is 259 g/mol. The molecule has 0 heterocycles. The van der Waals surface area contributed by atoms with Crippen molar-refractivity contribution in [3.63, 3.8) is 0 Å². The first kappa shape index (κ1) is 14.8. The zero-order valence-electron chi connectivity index (χ0n) is 9.69. The Hall–Kier alpha value is -1.28. The molecule has 5 N–H and O–H groups in total. The van der Waals surface area contributed by atoms with Crippen molar-refractivity contribution in [1.29, 1.82) is 0 Å². The van der Waals surface area contributed by atoms with Crippen LogP contribution in [-0.2, 0) is 9.59 Å². The molecule has 0 aromatic heterocycles. The zero-order chi connectivity index (χ0) is 13.7. The van der Waals surface area contributed by atoms with Crippen LogP contribution in [0.2, 0.25) is 0 Å². The summed E-state index contributed by atoms with van der Waals surface area (Å²) in [7, 11) is 0. The molecule has 102 valence electrons. The van der Waals surface area contributed by atoms with Crippen LogP contribution in [0, 0.1) is 0 Å². The summed E-state index contributed by atoms with van der Waals surface area (Å²) in [6.45, 7) is -0.759. The molecule has 0 aromatic rings. The molecule has 1 aliphatic rings. The Balaban J connectivity index is 2.49. The number of carbonyl (C=O) groups is 2. The van der Waals surface area contributed by atoms with E-state index in [1.165, 1.54) is 0 Å². The molecule has 1 rings (SSSR count). The summed E-state index contributed by atoms with van der Waals surface area (Å²) in [6, 6.07) is -1.33. The molecular weight excluding hydrogens is 242 g/mol. The Bertz CT molecular complexity index is 342. The first-order chi connectivity index (χ1) is 8.49. The minimum absolute atomic E-state index is 0.149. The Morgan fingerprint density at radius 2 is 2.00 bits per heavy atom. The van der Waals surface area contributed by atoms with Gasteiger partial charge in [0.1, 0.15) is 30.6 Å². The van der Waals surface area contributed by atoms with Gasteiger partial charge in [-0.25, -0.2) is 0 Å². The van der Waals surface area contributed by atoms with Crippen molar-refractivity contribution in [3.8, 4) is 0 Å². The minimum Gasteiger partial charge on any atom is -0.394 e. The van der Waals surface area contributed by atoms with E-state index < -0.39 is 36.9 Å². The number of hydrogen-bond donors (Lipinski definition) is 5. The summed E-state index contributed by atoms with van der Waals surface area (Å²) < 4.78 is 0. The summed E-state index contributed by atoms with van der Waals surface area (Å²) in [5, 5.41) is 39.0. The monoisotopic (exact) mass is 259 g/mol. The molecule has 0 aromatic carbocycles. The highest BCUT2D eigenvalue weighted by molar-refractivity contribution is 5.82. The predicted octanol–water partition coefficient (Wildman–Crippen LogP) is -2.53. The molecule has 0 fully saturated rings. The molecule has 0 saturated heterocycles. The van der Waals surface area contributed by atoms with E-state index in [1.54, 1.807) is 0 Å². The largest absolute Gasteiger partial charge is 0.394 e. The molecular formula is C11H17NO6. The number of aliphatic hydroxyl groups excluding tert-OH is 4. The van der Waals surface area contributed by atoms with Crippen LogP contribution in [0.15, 0.2) is 11.6 Å². The third-order valence-electron chi connectivity index (χ3n) is 2.65. The summed E-state index contributed by atoms with van der Waals surface area (Å²) in [4.78, 5) is 22.2. The number of nitrogens with one attached hydrogen (secondary N) is 1. The summed E-state index contributed by atoms with van der Waals surface area (Å²) in [5.41, 5.74) is 0.947. The van der Waals surface area contributed by atoms with Gasteiger partial charge in [0.05, 0.1) is 6.61 Å². The van der Waals surface area contributed by atoms with Crippen LogP contribution >= 0.6 is 0 Å². The normalized spacial score (nSPS) is 20.3. The fourth-order valence-electron chi connectivity index (χ4n) is 1.41. The van der Waals surface area contributed by atoms with Crippen LogP contribution in [-0.4, -0.2) is 63.6 Å². The number of rotatable bonds is 8. The first-order valence-corrected chi connectivity index (χ1v) is 5.57. The van der Waals surface area contributed by atoms with E-state index in [9.17, 15) is 19.8 Å². The second kappa shape index (κ2) is 6.60. The molecule has 0 spiro atoms. The van der Waals surface area contributed by atoms with Gasteiger partial charge in [0.15, 0.2) is 0 Å². The van der Waals surface area contributed by atoms with Crippen LogP contribution in [0.5, 0.6) is 0 Å². The Morgan fingerprint density at radius 3 is 2.44 bits per heavy atom. The standard InChI is InChI=1S/C11H17NO6/c13-4-7(10(17)11(18)8(15)5-14)12-9(16)3-6-1-2-6/h1,4,7-8,10-11,14-15,17-18H,2-3,5H2,(H,12,16)/t7-,8-,10-,11-/m1/s1. The lowest BCUT2D eigenvalue weighted by Crippen LogP contribution is -2.53. The molecule has 7 nitrogen and oxygen atoms in total. The number of amides is 1. The van der Waals surface area contributed by atoms with Crippen molar-refractivity contribution in [2.45, 2.75) is 37.2 Å². The number of carbonyl (C=O) groups excluding carboxylic acids is 2. The van der Waals surface area contributed by atoms with Crippen LogP contribution in [0.4, 0.5) is 0 Å². The van der Waals surface area contributed by atoms with Gasteiger partial charge < -0.3 is 30.5 Å². The van der Waals surface area contributed by atoms with Gasteiger partial charge in [-0.05, 0) is 6.42 Å². The Morgan fingerprint density at radius 1 is 1.39 bits per heavy atom. The summed E-state index contributed by atoms with van der Waals surface area (Å²) >= 11 is 0. The SMILES string of the molecule is O=C[C@@H](NC(=O)CC1=CC1)[C@@H](O)[C@H](O)[C@H](O)CO. The molecule has 18 heavy (non-hydrogen) atoms. The summed E-state index contributed by atoms with van der Waals surface area (Å²) in [5.74, 6) is -0.444. The number of allylic oxidation sites excluding steroid dienone is 1. The lowest BCUT2D eigenvalue weighted by Gasteiger charge is -2.26. The topological polar surface area (TPSA) is 127 Å². The lowest BCUT2D eigenvalue weighted by atomic mass is 10.0. The van der Waals surface area contributed by atoms with Crippen molar-refractivity contribution >= 4 is 12.2 Å². The fraction of sp³-hybridized carbons (Fsp3) is 0.636. The highest BCUT2D eigenvalue weighted by atomic mass is 16.4. The Labute approximate surface area is 104 Å². The van der Waals surface area contributed by atoms with Crippen LogP contribution < -0.4 is 5.32 Å². The second-order valence-corrected chi connectivity index (χ2v) is 4.20. The highest BCUT2D eigenvalue weighted by Gasteiger charge is 2.32. The van der Waals surface area contributed by atoms with E-state index >= 15 is 0 Å². The average Bonchev–Trinajstić information content (AvgIpc) is 3.16. The maximum atomic E-state index is 11.4. The molecule has 0 unspecified atom stereocenters. The molecule has 4 atom stereocenters. The predicted molar refractivity (Wildman–Crippen MR) is 60.4 cm³/mol. The molecule has 0 aliphatic heterocycles. The third kappa shape index (κ3) is 4.19. The van der Waals surface area contributed by atoms with Gasteiger partial charge in [-0.3, -0.25) is 4.79 Å². The third-order valence-corrected chi connectivity index (χ3v) is 2.65. The highest BCUT2D eigenvalue weighted by Crippen LogP contribution is 2.21. The van der Waals surface area contributed by atoms with E-state index in [2.05, 4.69) is 5.32 Å². The van der Waals surface area contributed by atoms with E-state index in [1.807, 2.05) is 6.08 Å². The maximum Gasteiger partial charge on any atom is 0.224 e. The fourth-order valence-corrected chi connectivity index (χ4v) is 1.41. The van der Waals surface area contributed by atoms with Gasteiger partial charge >= 0.3 is 0 Å². The second-order valence-electron chi connectivity index (χ2n) is 4.20. The van der Waals surface area contributed by atoms with E-state index in [-0.39, 0.29) is 12.7 Å². The zero-order valence-corrected chi connectivity index (χ0v) is 9.69. The van der Waals surface area contributed by atoms with Gasteiger partial charge in [-0.2, -0.15) is 0 Å². The Kier molecular flexibility index (Phi) is 5.42. The van der Waals surface area contributed by atoms with Crippen LogP contribution in [0.1, 0.15) is 12.8 Å². The van der Waals surface area contributed by atoms with Gasteiger partial charge in [-0.15, -0.1) is 0 Å². The van der Waals surface area contributed by atoms with E-state index in [0.29, 0.717) is 0 Å². The van der Waals surface area contributed by atoms with Crippen molar-refractivity contribution in [1.82, 2.24) is 5.32 Å². The van der Waals surface area contributed by atoms with Crippen LogP contribution in [0.3, 0.4) is 0 Å².